The van der Waals surface area contributed by atoms with Crippen LogP contribution in [-0.4, -0.2) is 9.39 Å². The predicted molar refractivity (Wildman–Crippen MR) is 78.1 cm³/mol. The third-order valence-corrected chi connectivity index (χ3v) is 3.56. The van der Waals surface area contributed by atoms with Crippen LogP contribution in [0.5, 0.6) is 0 Å². The number of hydrogen-bond donors (Lipinski definition) is 0. The Hall–Kier alpha value is -0.190. The highest BCUT2D eigenvalue weighted by atomic mass is 79.9. The highest BCUT2D eigenvalue weighted by molar-refractivity contribution is 9.18. The van der Waals surface area contributed by atoms with Gasteiger partial charge in [-0.3, -0.25) is 9.59 Å². The zero-order valence-electron chi connectivity index (χ0n) is 9.76. The summed E-state index contributed by atoms with van der Waals surface area (Å²) >= 11 is 11.3. The Morgan fingerprint density at radius 1 is 1.06 bits per heavy atom. The first-order valence-electron chi connectivity index (χ1n) is 4.80. The van der Waals surface area contributed by atoms with Gasteiger partial charge in [0.1, 0.15) is 0 Å². The van der Waals surface area contributed by atoms with E-state index >= 15 is 0 Å². The number of carbonyl (C=O) groups excluding carboxylic acids is 2. The van der Waals surface area contributed by atoms with Crippen LogP contribution in [0.4, 0.5) is 0 Å². The molecule has 0 aromatic heterocycles. The van der Waals surface area contributed by atoms with E-state index in [-0.39, 0.29) is 14.8 Å². The summed E-state index contributed by atoms with van der Waals surface area (Å²) in [6, 6.07) is 6.69. The Morgan fingerprint density at radius 2 is 1.41 bits per heavy atom. The largest absolute Gasteiger partial charge is 0.286 e. The van der Waals surface area contributed by atoms with Gasteiger partial charge in [0.05, 0.1) is 0 Å². The maximum atomic E-state index is 10.6. The molecule has 0 aliphatic rings. The Bertz CT molecular complexity index is 394. The summed E-state index contributed by atoms with van der Waals surface area (Å²) in [6.45, 7) is 5.60. The van der Waals surface area contributed by atoms with Crippen molar-refractivity contribution in [1.29, 1.82) is 0 Å². The van der Waals surface area contributed by atoms with E-state index in [1.165, 1.54) is 0 Å². The summed E-state index contributed by atoms with van der Waals surface area (Å²) in [5.74, 6) is 0. The van der Waals surface area contributed by atoms with Gasteiger partial charge in [-0.25, -0.2) is 0 Å². The van der Waals surface area contributed by atoms with E-state index in [1.807, 2.05) is 20.8 Å². The van der Waals surface area contributed by atoms with Crippen LogP contribution < -0.4 is 0 Å². The first-order chi connectivity index (χ1) is 7.64. The quantitative estimate of drug-likeness (QED) is 0.650. The van der Waals surface area contributed by atoms with E-state index in [1.54, 1.807) is 24.3 Å². The van der Waals surface area contributed by atoms with E-state index < -0.39 is 0 Å². The van der Waals surface area contributed by atoms with Crippen molar-refractivity contribution in [1.82, 2.24) is 0 Å². The average molecular weight is 384 g/mol. The lowest BCUT2D eigenvalue weighted by Crippen LogP contribution is -2.12. The van der Waals surface area contributed by atoms with E-state index in [0.29, 0.717) is 10.6 Å². The minimum atomic E-state index is -0.222. The van der Waals surface area contributed by atoms with Gasteiger partial charge in [-0.05, 0) is 56.1 Å². The summed E-state index contributed by atoms with van der Waals surface area (Å²) < 4.78 is -0.0656. The van der Waals surface area contributed by atoms with E-state index in [0.717, 1.165) is 0 Å². The average Bonchev–Trinajstić information content (AvgIpc) is 2.17. The third kappa shape index (κ3) is 7.68. The number of benzene rings is 1. The third-order valence-electron chi connectivity index (χ3n) is 1.66. The maximum Gasteiger partial charge on any atom is 0.228 e. The molecule has 0 saturated heterocycles. The van der Waals surface area contributed by atoms with Gasteiger partial charge < -0.3 is 0 Å². The Balaban J connectivity index is 0.000000325. The monoisotopic (exact) mass is 382 g/mol. The molecule has 5 heteroatoms. The fourth-order valence-electron chi connectivity index (χ4n) is 0.581. The molecule has 0 spiro atoms. The topological polar surface area (TPSA) is 34.1 Å². The van der Waals surface area contributed by atoms with Crippen molar-refractivity contribution in [3.05, 3.63) is 34.9 Å². The molecule has 1 aromatic carbocycles. The molecule has 0 unspecified atom stereocenters. The summed E-state index contributed by atoms with van der Waals surface area (Å²) in [4.78, 5) is 21.0. The number of carbonyl (C=O) groups is 2. The van der Waals surface area contributed by atoms with Crippen molar-refractivity contribution < 1.29 is 9.59 Å². The van der Waals surface area contributed by atoms with E-state index in [4.69, 9.17) is 11.6 Å². The fraction of sp³-hybridized carbons (Fsp3) is 0.333. The lowest BCUT2D eigenvalue weighted by Gasteiger charge is -2.09. The molecule has 0 fully saturated rings. The van der Waals surface area contributed by atoms with Gasteiger partial charge in [0.25, 0.3) is 0 Å². The van der Waals surface area contributed by atoms with Crippen molar-refractivity contribution in [2.75, 3.05) is 0 Å². The van der Waals surface area contributed by atoms with Crippen LogP contribution in [0.2, 0.25) is 5.02 Å². The van der Waals surface area contributed by atoms with Gasteiger partial charge in [-0.15, -0.1) is 0 Å². The molecule has 1 aromatic rings. The molecule has 0 atom stereocenters. The number of rotatable bonds is 1. The van der Waals surface area contributed by atoms with Crippen molar-refractivity contribution in [2.24, 2.45) is 5.41 Å². The summed E-state index contributed by atoms with van der Waals surface area (Å²) in [7, 11) is 0. The molecule has 1 rings (SSSR count). The van der Waals surface area contributed by atoms with Crippen LogP contribution in [0.3, 0.4) is 0 Å². The zero-order valence-corrected chi connectivity index (χ0v) is 13.7. The SMILES string of the molecule is CC(C)(C)C(=O)Br.O=C(Br)c1ccc(Cl)cc1. The summed E-state index contributed by atoms with van der Waals surface area (Å²) in [5.41, 5.74) is 0.393. The van der Waals surface area contributed by atoms with Crippen LogP contribution in [0, 0.1) is 5.41 Å². The van der Waals surface area contributed by atoms with Gasteiger partial charge in [0.15, 0.2) is 0 Å². The molecule has 0 heterocycles. The van der Waals surface area contributed by atoms with Crippen LogP contribution in [0.1, 0.15) is 31.1 Å². The minimum Gasteiger partial charge on any atom is -0.286 e. The second-order valence-electron chi connectivity index (χ2n) is 4.30. The van der Waals surface area contributed by atoms with E-state index in [2.05, 4.69) is 31.9 Å². The lowest BCUT2D eigenvalue weighted by atomic mass is 10.00. The smallest absolute Gasteiger partial charge is 0.228 e. The molecule has 0 aliphatic carbocycles. The van der Waals surface area contributed by atoms with Crippen LogP contribution in [-0.2, 0) is 4.79 Å². The zero-order chi connectivity index (χ0) is 13.6. The molecule has 0 N–H and O–H groups in total. The molecule has 0 amide bonds. The Labute approximate surface area is 123 Å². The molecule has 17 heavy (non-hydrogen) atoms. The van der Waals surface area contributed by atoms with Gasteiger partial charge in [0.2, 0.25) is 9.39 Å². The molecular formula is C12H13Br2ClO2. The number of halogens is 3. The molecule has 2 nitrogen and oxygen atoms in total. The van der Waals surface area contributed by atoms with Gasteiger partial charge in [0, 0.05) is 16.0 Å². The predicted octanol–water partition coefficient (Wildman–Crippen LogP) is 4.83. The molecular weight excluding hydrogens is 371 g/mol. The first kappa shape index (κ1) is 16.8. The lowest BCUT2D eigenvalue weighted by molar-refractivity contribution is -0.116. The molecule has 94 valence electrons. The van der Waals surface area contributed by atoms with Crippen molar-refractivity contribution >= 4 is 52.8 Å². The molecule has 0 bridgehead atoms. The van der Waals surface area contributed by atoms with E-state index in [9.17, 15) is 9.59 Å². The molecule has 0 radical (unpaired) electrons. The standard InChI is InChI=1S/C7H4BrClO.C5H9BrO/c8-7(10)5-1-3-6(9)4-2-5;1-5(2,3)4(6)7/h1-4H;1-3H3. The summed E-state index contributed by atoms with van der Waals surface area (Å²) in [5, 5.41) is 0.637. The van der Waals surface area contributed by atoms with Gasteiger partial charge in [-0.1, -0.05) is 32.4 Å². The Morgan fingerprint density at radius 3 is 1.65 bits per heavy atom. The second-order valence-corrected chi connectivity index (χ2v) is 6.18. The van der Waals surface area contributed by atoms with Gasteiger partial charge >= 0.3 is 0 Å². The maximum absolute atomic E-state index is 10.6. The van der Waals surface area contributed by atoms with Gasteiger partial charge in [-0.2, -0.15) is 0 Å². The van der Waals surface area contributed by atoms with Crippen LogP contribution in [0.15, 0.2) is 24.3 Å². The number of hydrogen-bond acceptors (Lipinski definition) is 2. The van der Waals surface area contributed by atoms with Crippen molar-refractivity contribution in [2.45, 2.75) is 20.8 Å². The van der Waals surface area contributed by atoms with Crippen LogP contribution in [0.25, 0.3) is 0 Å². The highest BCUT2D eigenvalue weighted by Crippen LogP contribution is 2.17. The molecule has 0 saturated carbocycles. The highest BCUT2D eigenvalue weighted by Gasteiger charge is 2.16. The summed E-state index contributed by atoms with van der Waals surface area (Å²) in [6.07, 6.45) is 0. The first-order valence-corrected chi connectivity index (χ1v) is 6.76. The van der Waals surface area contributed by atoms with Crippen molar-refractivity contribution in [3.63, 3.8) is 0 Å². The van der Waals surface area contributed by atoms with Crippen LogP contribution >= 0.6 is 43.5 Å². The second kappa shape index (κ2) is 7.29. The minimum absolute atomic E-state index is 0.0556. The normalized spacial score (nSPS) is 10.2. The molecule has 0 aliphatic heterocycles. The Kier molecular flexibility index (Phi) is 7.21. The fourth-order valence-corrected chi connectivity index (χ4v) is 0.971. The van der Waals surface area contributed by atoms with Crippen molar-refractivity contribution in [3.8, 4) is 0 Å².